The lowest BCUT2D eigenvalue weighted by molar-refractivity contribution is -0.141. The van der Waals surface area contributed by atoms with Crippen LogP contribution in [0.15, 0.2) is 42.5 Å². The van der Waals surface area contributed by atoms with Crippen molar-refractivity contribution in [2.45, 2.75) is 45.7 Å². The van der Waals surface area contributed by atoms with Gasteiger partial charge in [0, 0.05) is 32.1 Å². The van der Waals surface area contributed by atoms with Crippen LogP contribution in [0.4, 0.5) is 18.9 Å². The Labute approximate surface area is 204 Å². The molecule has 1 N–H and O–H groups in total. The van der Waals surface area contributed by atoms with Crippen LogP contribution in [0.1, 0.15) is 38.7 Å². The van der Waals surface area contributed by atoms with Gasteiger partial charge >= 0.3 is 0 Å². The van der Waals surface area contributed by atoms with E-state index < -0.39 is 39.4 Å². The van der Waals surface area contributed by atoms with Crippen LogP contribution in [0.25, 0.3) is 0 Å². The zero-order chi connectivity index (χ0) is 26.2. The molecule has 192 valence electrons. The van der Waals surface area contributed by atoms with Crippen molar-refractivity contribution in [3.63, 3.8) is 0 Å². The van der Waals surface area contributed by atoms with E-state index in [-0.39, 0.29) is 37.5 Å². The van der Waals surface area contributed by atoms with Gasteiger partial charge in [-0.1, -0.05) is 19.1 Å². The second kappa shape index (κ2) is 12.6. The summed E-state index contributed by atoms with van der Waals surface area (Å²) in [6.07, 6.45) is 1.23. The van der Waals surface area contributed by atoms with E-state index in [4.69, 9.17) is 0 Å². The van der Waals surface area contributed by atoms with Crippen LogP contribution in [0, 0.1) is 17.5 Å². The summed E-state index contributed by atoms with van der Waals surface area (Å²) in [6, 6.07) is 7.55. The molecule has 0 aliphatic heterocycles. The van der Waals surface area contributed by atoms with Crippen molar-refractivity contribution in [3.05, 3.63) is 65.5 Å². The third-order valence-corrected chi connectivity index (χ3v) is 6.54. The number of carbonyl (C=O) groups is 2. The molecular formula is C24H30F3N3O4S. The molecule has 1 atom stereocenters. The molecule has 7 nitrogen and oxygen atoms in total. The summed E-state index contributed by atoms with van der Waals surface area (Å²) in [5.74, 6) is -3.45. The first-order chi connectivity index (χ1) is 16.5. The first kappa shape index (κ1) is 28.2. The van der Waals surface area contributed by atoms with Gasteiger partial charge in [-0.3, -0.25) is 13.9 Å². The van der Waals surface area contributed by atoms with E-state index in [0.29, 0.717) is 18.5 Å². The fourth-order valence-electron chi connectivity index (χ4n) is 3.64. The summed E-state index contributed by atoms with van der Waals surface area (Å²) < 4.78 is 65.7. The fraction of sp³-hybridized carbons (Fsp3) is 0.417. The number of carbonyl (C=O) groups excluding carboxylic acids is 2. The lowest BCUT2D eigenvalue weighted by Gasteiger charge is -2.31. The summed E-state index contributed by atoms with van der Waals surface area (Å²) in [7, 11) is -3.84. The molecule has 0 fully saturated rings. The van der Waals surface area contributed by atoms with Gasteiger partial charge in [0.1, 0.15) is 11.9 Å². The average Bonchev–Trinajstić information content (AvgIpc) is 2.79. The maximum Gasteiger partial charge on any atom is 0.242 e. The molecule has 0 saturated carbocycles. The molecule has 2 aromatic carbocycles. The topological polar surface area (TPSA) is 86.8 Å². The van der Waals surface area contributed by atoms with Crippen molar-refractivity contribution >= 4 is 27.5 Å². The number of rotatable bonds is 12. The van der Waals surface area contributed by atoms with Gasteiger partial charge in [-0.25, -0.2) is 21.6 Å². The van der Waals surface area contributed by atoms with Gasteiger partial charge in [0.05, 0.1) is 11.9 Å². The van der Waals surface area contributed by atoms with Gasteiger partial charge in [-0.2, -0.15) is 0 Å². The van der Waals surface area contributed by atoms with E-state index >= 15 is 0 Å². The van der Waals surface area contributed by atoms with Crippen molar-refractivity contribution in [2.75, 3.05) is 23.7 Å². The Hall–Kier alpha value is -3.08. The number of likely N-dealkylation sites (N-methyl/N-ethyl adjacent to an activating group) is 1. The van der Waals surface area contributed by atoms with Gasteiger partial charge in [0.2, 0.25) is 21.8 Å². The second-order valence-electron chi connectivity index (χ2n) is 8.00. The highest BCUT2D eigenvalue weighted by atomic mass is 32.2. The van der Waals surface area contributed by atoms with Crippen molar-refractivity contribution in [1.29, 1.82) is 0 Å². The van der Waals surface area contributed by atoms with E-state index in [1.165, 1.54) is 29.2 Å². The third-order valence-electron chi connectivity index (χ3n) is 5.35. The normalized spacial score (nSPS) is 12.2. The van der Waals surface area contributed by atoms with Crippen molar-refractivity contribution < 1.29 is 31.2 Å². The molecule has 2 amide bonds. The highest BCUT2D eigenvalue weighted by Crippen LogP contribution is 2.22. The maximum atomic E-state index is 13.7. The minimum absolute atomic E-state index is 0.0595. The average molecular weight is 514 g/mol. The smallest absolute Gasteiger partial charge is 0.242 e. The summed E-state index contributed by atoms with van der Waals surface area (Å²) in [5.41, 5.74) is 0.567. The minimum Gasteiger partial charge on any atom is -0.355 e. The summed E-state index contributed by atoms with van der Waals surface area (Å²) in [5, 5.41) is 2.71. The molecule has 0 heterocycles. The second-order valence-corrected chi connectivity index (χ2v) is 9.91. The number of hydrogen-bond acceptors (Lipinski definition) is 4. The largest absolute Gasteiger partial charge is 0.355 e. The molecule has 35 heavy (non-hydrogen) atoms. The van der Waals surface area contributed by atoms with Gasteiger partial charge in [-0.05, 0) is 49.6 Å². The molecule has 0 aliphatic rings. The van der Waals surface area contributed by atoms with Gasteiger partial charge in [0.15, 0.2) is 11.6 Å². The van der Waals surface area contributed by atoms with Crippen LogP contribution in [0.5, 0.6) is 0 Å². The number of nitrogens with one attached hydrogen (secondary N) is 1. The highest BCUT2D eigenvalue weighted by molar-refractivity contribution is 7.92. The molecule has 0 aliphatic carbocycles. The molecule has 0 spiro atoms. The molecule has 11 heteroatoms. The van der Waals surface area contributed by atoms with Crippen LogP contribution in [-0.4, -0.2) is 50.5 Å². The maximum absolute atomic E-state index is 13.7. The number of halogens is 3. The van der Waals surface area contributed by atoms with E-state index in [1.807, 2.05) is 0 Å². The Morgan fingerprint density at radius 1 is 1.00 bits per heavy atom. The van der Waals surface area contributed by atoms with Gasteiger partial charge in [0.25, 0.3) is 0 Å². The quantitative estimate of drug-likeness (QED) is 0.470. The SMILES string of the molecule is CCNC(=O)C(CC)N(Cc1ccc(F)cc1)C(=O)CCCN(c1ccc(F)c(F)c1)S(C)(=O)=O. The lowest BCUT2D eigenvalue weighted by atomic mass is 10.1. The van der Waals surface area contributed by atoms with Crippen LogP contribution >= 0.6 is 0 Å². The predicted molar refractivity (Wildman–Crippen MR) is 127 cm³/mol. The van der Waals surface area contributed by atoms with Crippen LogP contribution in [0.2, 0.25) is 0 Å². The minimum atomic E-state index is -3.84. The third kappa shape index (κ3) is 7.98. The molecule has 0 saturated heterocycles. The Bertz CT molecular complexity index is 1130. The Morgan fingerprint density at radius 3 is 2.20 bits per heavy atom. The molecule has 0 aromatic heterocycles. The molecular weight excluding hydrogens is 483 g/mol. The zero-order valence-corrected chi connectivity index (χ0v) is 20.7. The van der Waals surface area contributed by atoms with E-state index in [1.54, 1.807) is 13.8 Å². The number of amides is 2. The number of nitrogens with zero attached hydrogens (tertiary/aromatic N) is 2. The fourth-order valence-corrected chi connectivity index (χ4v) is 4.60. The first-order valence-electron chi connectivity index (χ1n) is 11.2. The standard InChI is InChI=1S/C24H30F3N3O4S/c1-4-22(24(32)28-5-2)29(16-17-8-10-18(25)11-9-17)23(31)7-6-14-30(35(3,33)34)19-12-13-20(26)21(27)15-19/h8-13,15,22H,4-7,14,16H2,1-3H3,(H,28,32). The highest BCUT2D eigenvalue weighted by Gasteiger charge is 2.28. The number of hydrogen-bond donors (Lipinski definition) is 1. The molecule has 1 unspecified atom stereocenters. The zero-order valence-electron chi connectivity index (χ0n) is 19.9. The van der Waals surface area contributed by atoms with E-state index in [9.17, 15) is 31.2 Å². The van der Waals surface area contributed by atoms with Crippen LogP contribution < -0.4 is 9.62 Å². The van der Waals surface area contributed by atoms with Crippen molar-refractivity contribution in [1.82, 2.24) is 10.2 Å². The Balaban J connectivity index is 2.21. The number of sulfonamides is 1. The molecule has 0 radical (unpaired) electrons. The van der Waals surface area contributed by atoms with E-state index in [2.05, 4.69) is 5.32 Å². The molecule has 0 bridgehead atoms. The Kier molecular flexibility index (Phi) is 10.1. The predicted octanol–water partition coefficient (Wildman–Crippen LogP) is 3.59. The number of anilines is 1. The summed E-state index contributed by atoms with van der Waals surface area (Å²) in [4.78, 5) is 27.2. The Morgan fingerprint density at radius 2 is 1.66 bits per heavy atom. The van der Waals surface area contributed by atoms with Crippen LogP contribution in [-0.2, 0) is 26.2 Å². The first-order valence-corrected chi connectivity index (χ1v) is 13.1. The van der Waals surface area contributed by atoms with Crippen molar-refractivity contribution in [3.8, 4) is 0 Å². The summed E-state index contributed by atoms with van der Waals surface area (Å²) >= 11 is 0. The summed E-state index contributed by atoms with van der Waals surface area (Å²) in [6.45, 7) is 3.81. The number of benzene rings is 2. The monoisotopic (exact) mass is 513 g/mol. The lowest BCUT2D eigenvalue weighted by Crippen LogP contribution is -2.49. The van der Waals surface area contributed by atoms with Gasteiger partial charge in [-0.15, -0.1) is 0 Å². The van der Waals surface area contributed by atoms with Crippen LogP contribution in [0.3, 0.4) is 0 Å². The van der Waals surface area contributed by atoms with E-state index in [0.717, 1.165) is 28.8 Å². The van der Waals surface area contributed by atoms with Crippen molar-refractivity contribution in [2.24, 2.45) is 0 Å². The molecule has 2 rings (SSSR count). The molecule has 2 aromatic rings. The van der Waals surface area contributed by atoms with Gasteiger partial charge < -0.3 is 10.2 Å².